The van der Waals surface area contributed by atoms with Gasteiger partial charge in [-0.2, -0.15) is 5.10 Å². The van der Waals surface area contributed by atoms with E-state index in [0.717, 1.165) is 21.4 Å². The quantitative estimate of drug-likeness (QED) is 0.907. The van der Waals surface area contributed by atoms with E-state index in [1.807, 2.05) is 19.2 Å². The summed E-state index contributed by atoms with van der Waals surface area (Å²) in [5.41, 5.74) is 3.18. The Kier molecular flexibility index (Phi) is 3.41. The molecule has 0 spiro atoms. The number of rotatable bonds is 3. The van der Waals surface area contributed by atoms with Gasteiger partial charge in [-0.3, -0.25) is 5.10 Å². The van der Waals surface area contributed by atoms with Crippen LogP contribution >= 0.6 is 15.9 Å². The number of benzene rings is 1. The van der Waals surface area contributed by atoms with Crippen molar-refractivity contribution in [1.29, 1.82) is 0 Å². The number of halogens is 1. The molecule has 0 radical (unpaired) electrons. The lowest BCUT2D eigenvalue weighted by Crippen LogP contribution is -2.12. The van der Waals surface area contributed by atoms with Crippen LogP contribution in [-0.2, 0) is 0 Å². The second-order valence-corrected chi connectivity index (χ2v) is 4.64. The average molecular weight is 280 g/mol. The molecule has 2 rings (SSSR count). The third kappa shape index (κ3) is 2.33. The first kappa shape index (κ1) is 11.4. The third-order valence-electron chi connectivity index (χ3n) is 2.62. The highest BCUT2D eigenvalue weighted by Gasteiger charge is 2.08. The van der Waals surface area contributed by atoms with E-state index < -0.39 is 0 Å². The average Bonchev–Trinajstić information content (AvgIpc) is 2.77. The molecule has 0 aliphatic carbocycles. The van der Waals surface area contributed by atoms with E-state index in [1.54, 1.807) is 0 Å². The Balaban J connectivity index is 2.31. The predicted molar refractivity (Wildman–Crippen MR) is 69.2 cm³/mol. The molecule has 4 heteroatoms. The van der Waals surface area contributed by atoms with Gasteiger partial charge in [0.15, 0.2) is 0 Å². The van der Waals surface area contributed by atoms with E-state index in [2.05, 4.69) is 56.6 Å². The van der Waals surface area contributed by atoms with Crippen molar-refractivity contribution in [3.63, 3.8) is 0 Å². The summed E-state index contributed by atoms with van der Waals surface area (Å²) in [4.78, 5) is 0. The van der Waals surface area contributed by atoms with Gasteiger partial charge in [0, 0.05) is 16.1 Å². The van der Waals surface area contributed by atoms with Gasteiger partial charge in [-0.25, -0.2) is 0 Å². The van der Waals surface area contributed by atoms with E-state index in [9.17, 15) is 0 Å². The highest BCUT2D eigenvalue weighted by atomic mass is 79.9. The molecule has 0 aliphatic heterocycles. The van der Waals surface area contributed by atoms with Crippen LogP contribution in [0.25, 0.3) is 11.3 Å². The Morgan fingerprint density at radius 2 is 2.19 bits per heavy atom. The number of nitrogens with zero attached hydrogens (tertiary/aromatic N) is 1. The molecule has 16 heavy (non-hydrogen) atoms. The van der Waals surface area contributed by atoms with E-state index in [4.69, 9.17) is 0 Å². The van der Waals surface area contributed by atoms with E-state index in [0.29, 0.717) is 0 Å². The number of hydrogen-bond donors (Lipinski definition) is 2. The van der Waals surface area contributed by atoms with Crippen molar-refractivity contribution in [3.05, 3.63) is 40.5 Å². The van der Waals surface area contributed by atoms with Gasteiger partial charge in [-0.15, -0.1) is 0 Å². The monoisotopic (exact) mass is 279 g/mol. The fraction of sp³-hybridized carbons (Fsp3) is 0.250. The molecule has 1 heterocycles. The molecule has 1 aromatic heterocycles. The van der Waals surface area contributed by atoms with Crippen molar-refractivity contribution >= 4 is 15.9 Å². The largest absolute Gasteiger partial charge is 0.312 e. The predicted octanol–water partition coefficient (Wildman–Crippen LogP) is 3.12. The standard InChI is InChI=1S/C12H14BrN3/c1-8(14-2)11-7-12(16-15-11)9-4-3-5-10(13)6-9/h3-8,14H,1-2H3,(H,15,16). The Morgan fingerprint density at radius 1 is 1.38 bits per heavy atom. The molecule has 0 aliphatic rings. The molecule has 0 bridgehead atoms. The van der Waals surface area contributed by atoms with Crippen molar-refractivity contribution in [2.45, 2.75) is 13.0 Å². The van der Waals surface area contributed by atoms with Crippen LogP contribution in [-0.4, -0.2) is 17.2 Å². The number of nitrogens with one attached hydrogen (secondary N) is 2. The van der Waals surface area contributed by atoms with Crippen LogP contribution in [0, 0.1) is 0 Å². The maximum absolute atomic E-state index is 4.31. The zero-order valence-electron chi connectivity index (χ0n) is 9.29. The molecular formula is C12H14BrN3. The van der Waals surface area contributed by atoms with Crippen LogP contribution in [0.2, 0.25) is 0 Å². The lowest BCUT2D eigenvalue weighted by atomic mass is 10.1. The number of hydrogen-bond acceptors (Lipinski definition) is 2. The normalized spacial score (nSPS) is 12.7. The van der Waals surface area contributed by atoms with E-state index >= 15 is 0 Å². The summed E-state index contributed by atoms with van der Waals surface area (Å²) in [5.74, 6) is 0. The second-order valence-electron chi connectivity index (χ2n) is 3.73. The lowest BCUT2D eigenvalue weighted by molar-refractivity contribution is 0.630. The molecule has 0 fully saturated rings. The molecule has 0 saturated carbocycles. The number of H-pyrrole nitrogens is 1. The summed E-state index contributed by atoms with van der Waals surface area (Å²) in [5, 5.41) is 10.5. The zero-order chi connectivity index (χ0) is 11.5. The first-order valence-electron chi connectivity index (χ1n) is 5.19. The molecule has 2 N–H and O–H groups in total. The molecule has 1 unspecified atom stereocenters. The first-order valence-corrected chi connectivity index (χ1v) is 5.98. The molecule has 0 saturated heterocycles. The highest BCUT2D eigenvalue weighted by Crippen LogP contribution is 2.23. The van der Waals surface area contributed by atoms with Crippen molar-refractivity contribution < 1.29 is 0 Å². The zero-order valence-corrected chi connectivity index (χ0v) is 10.9. The van der Waals surface area contributed by atoms with Crippen LogP contribution in [0.1, 0.15) is 18.7 Å². The van der Waals surface area contributed by atoms with Crippen molar-refractivity contribution in [2.75, 3.05) is 7.05 Å². The van der Waals surface area contributed by atoms with Crippen molar-refractivity contribution in [1.82, 2.24) is 15.5 Å². The van der Waals surface area contributed by atoms with Crippen LogP contribution in [0.5, 0.6) is 0 Å². The van der Waals surface area contributed by atoms with Crippen molar-refractivity contribution in [3.8, 4) is 11.3 Å². The van der Waals surface area contributed by atoms with Gasteiger partial charge in [0.05, 0.1) is 11.4 Å². The Bertz CT molecular complexity index is 479. The summed E-state index contributed by atoms with van der Waals surface area (Å²) in [6.07, 6.45) is 0. The molecule has 3 nitrogen and oxygen atoms in total. The molecular weight excluding hydrogens is 266 g/mol. The SMILES string of the molecule is CNC(C)c1cc(-c2cccc(Br)c2)n[nH]1. The van der Waals surface area contributed by atoms with Crippen LogP contribution in [0.3, 0.4) is 0 Å². The summed E-state index contributed by atoms with van der Waals surface area (Å²) in [6, 6.07) is 10.5. The first-order chi connectivity index (χ1) is 7.70. The lowest BCUT2D eigenvalue weighted by Gasteiger charge is -2.05. The van der Waals surface area contributed by atoms with Gasteiger partial charge in [-0.05, 0) is 32.2 Å². The molecule has 2 aromatic rings. The van der Waals surface area contributed by atoms with Gasteiger partial charge < -0.3 is 5.32 Å². The van der Waals surface area contributed by atoms with Gasteiger partial charge in [0.25, 0.3) is 0 Å². The minimum Gasteiger partial charge on any atom is -0.312 e. The molecule has 1 atom stereocenters. The van der Waals surface area contributed by atoms with Gasteiger partial charge in [0.2, 0.25) is 0 Å². The smallest absolute Gasteiger partial charge is 0.0924 e. The topological polar surface area (TPSA) is 40.7 Å². The maximum Gasteiger partial charge on any atom is 0.0924 e. The number of aromatic nitrogens is 2. The highest BCUT2D eigenvalue weighted by molar-refractivity contribution is 9.10. The Hall–Kier alpha value is -1.13. The van der Waals surface area contributed by atoms with Crippen LogP contribution in [0.4, 0.5) is 0 Å². The summed E-state index contributed by atoms with van der Waals surface area (Å²) in [7, 11) is 1.93. The van der Waals surface area contributed by atoms with Gasteiger partial charge >= 0.3 is 0 Å². The summed E-state index contributed by atoms with van der Waals surface area (Å²) >= 11 is 3.46. The van der Waals surface area contributed by atoms with Crippen LogP contribution < -0.4 is 5.32 Å². The van der Waals surface area contributed by atoms with Gasteiger partial charge in [-0.1, -0.05) is 28.1 Å². The minimum atomic E-state index is 0.286. The Morgan fingerprint density at radius 3 is 2.88 bits per heavy atom. The summed E-state index contributed by atoms with van der Waals surface area (Å²) < 4.78 is 1.07. The second kappa shape index (κ2) is 4.80. The third-order valence-corrected chi connectivity index (χ3v) is 3.11. The Labute approximate surface area is 103 Å². The van der Waals surface area contributed by atoms with E-state index in [-0.39, 0.29) is 6.04 Å². The molecule has 84 valence electrons. The fourth-order valence-corrected chi connectivity index (χ4v) is 1.91. The van der Waals surface area contributed by atoms with Crippen molar-refractivity contribution in [2.24, 2.45) is 0 Å². The minimum absolute atomic E-state index is 0.286. The van der Waals surface area contributed by atoms with E-state index in [1.165, 1.54) is 0 Å². The van der Waals surface area contributed by atoms with Gasteiger partial charge in [0.1, 0.15) is 0 Å². The fourth-order valence-electron chi connectivity index (χ4n) is 1.51. The summed E-state index contributed by atoms with van der Waals surface area (Å²) in [6.45, 7) is 2.10. The van der Waals surface area contributed by atoms with Crippen LogP contribution in [0.15, 0.2) is 34.8 Å². The number of aromatic amines is 1. The molecule has 0 amide bonds. The molecule has 1 aromatic carbocycles. The maximum atomic E-state index is 4.31.